The van der Waals surface area contributed by atoms with Gasteiger partial charge in [-0.25, -0.2) is 9.78 Å². The number of aromatic carboxylic acids is 1. The Bertz CT molecular complexity index is 619. The lowest BCUT2D eigenvalue weighted by molar-refractivity contribution is 0.0697. The number of rotatable bonds is 6. The minimum Gasteiger partial charge on any atom is -0.478 e. The van der Waals surface area contributed by atoms with Crippen LogP contribution in [0.25, 0.3) is 11.0 Å². The first-order valence-electron chi connectivity index (χ1n) is 6.81. The van der Waals surface area contributed by atoms with Crippen molar-refractivity contribution in [3.63, 3.8) is 0 Å². The fraction of sp³-hybridized carbons (Fsp3) is 0.467. The predicted octanol–water partition coefficient (Wildman–Crippen LogP) is 2.89. The summed E-state index contributed by atoms with van der Waals surface area (Å²) in [6, 6.07) is 5.38. The highest BCUT2D eigenvalue weighted by molar-refractivity contribution is 5.92. The average molecular weight is 276 g/mol. The summed E-state index contributed by atoms with van der Waals surface area (Å²) < 4.78 is 7.32. The molecule has 0 fully saturated rings. The van der Waals surface area contributed by atoms with Gasteiger partial charge in [0, 0.05) is 26.2 Å². The number of nitrogens with zero attached hydrogens (tertiary/aromatic N) is 2. The molecule has 0 aliphatic heterocycles. The van der Waals surface area contributed by atoms with Gasteiger partial charge in [-0.3, -0.25) is 0 Å². The zero-order valence-corrected chi connectivity index (χ0v) is 12.1. The predicted molar refractivity (Wildman–Crippen MR) is 77.3 cm³/mol. The van der Waals surface area contributed by atoms with Crippen LogP contribution in [0.1, 0.15) is 42.5 Å². The van der Waals surface area contributed by atoms with E-state index in [9.17, 15) is 4.79 Å². The van der Waals surface area contributed by atoms with Crippen LogP contribution in [0.15, 0.2) is 18.2 Å². The fourth-order valence-corrected chi connectivity index (χ4v) is 2.44. The van der Waals surface area contributed by atoms with Crippen molar-refractivity contribution in [2.24, 2.45) is 0 Å². The van der Waals surface area contributed by atoms with Crippen LogP contribution in [0.4, 0.5) is 0 Å². The number of methoxy groups -OCH3 is 1. The van der Waals surface area contributed by atoms with E-state index in [4.69, 9.17) is 9.84 Å². The summed E-state index contributed by atoms with van der Waals surface area (Å²) in [4.78, 5) is 15.6. The van der Waals surface area contributed by atoms with Gasteiger partial charge in [-0.15, -0.1) is 0 Å². The molecule has 0 spiro atoms. The normalized spacial score (nSPS) is 12.8. The third kappa shape index (κ3) is 2.67. The highest BCUT2D eigenvalue weighted by atomic mass is 16.5. The first-order valence-corrected chi connectivity index (χ1v) is 6.81. The van der Waals surface area contributed by atoms with Gasteiger partial charge in [-0.1, -0.05) is 6.92 Å². The minimum absolute atomic E-state index is 0.269. The number of carboxylic acids is 1. The van der Waals surface area contributed by atoms with Crippen molar-refractivity contribution in [1.82, 2.24) is 9.55 Å². The number of ether oxygens (including phenoxy) is 1. The summed E-state index contributed by atoms with van der Waals surface area (Å²) in [6.07, 6.45) is 1.71. The molecule has 1 N–H and O–H groups in total. The SMILES string of the molecule is CCc1nc2cc(C(=O)O)ccc2n1C(C)CCOC. The van der Waals surface area contributed by atoms with Gasteiger partial charge in [0.05, 0.1) is 16.6 Å². The van der Waals surface area contributed by atoms with Gasteiger partial charge in [0.25, 0.3) is 0 Å². The van der Waals surface area contributed by atoms with Crippen molar-refractivity contribution in [1.29, 1.82) is 0 Å². The van der Waals surface area contributed by atoms with E-state index in [-0.39, 0.29) is 11.6 Å². The summed E-state index contributed by atoms with van der Waals surface area (Å²) in [5.41, 5.74) is 2.00. The third-order valence-electron chi connectivity index (χ3n) is 3.51. The zero-order chi connectivity index (χ0) is 14.7. The molecule has 108 valence electrons. The van der Waals surface area contributed by atoms with E-state index < -0.39 is 5.97 Å². The average Bonchev–Trinajstić information content (AvgIpc) is 2.82. The Morgan fingerprint density at radius 2 is 2.25 bits per heavy atom. The van der Waals surface area contributed by atoms with Crippen LogP contribution in [-0.2, 0) is 11.2 Å². The van der Waals surface area contributed by atoms with E-state index in [1.165, 1.54) is 0 Å². The number of benzene rings is 1. The molecule has 2 aromatic rings. The molecule has 0 saturated heterocycles. The van der Waals surface area contributed by atoms with Crippen LogP contribution in [0.2, 0.25) is 0 Å². The van der Waals surface area contributed by atoms with E-state index in [0.717, 1.165) is 29.7 Å². The Hall–Kier alpha value is -1.88. The molecule has 0 amide bonds. The number of imidazole rings is 1. The van der Waals surface area contributed by atoms with Gasteiger partial charge in [0.2, 0.25) is 0 Å². The number of aromatic nitrogens is 2. The number of hydrogen-bond acceptors (Lipinski definition) is 3. The lowest BCUT2D eigenvalue weighted by Crippen LogP contribution is -2.11. The lowest BCUT2D eigenvalue weighted by atomic mass is 10.2. The highest BCUT2D eigenvalue weighted by Crippen LogP contribution is 2.24. The first-order chi connectivity index (χ1) is 9.58. The van der Waals surface area contributed by atoms with Gasteiger partial charge in [0.1, 0.15) is 5.82 Å². The van der Waals surface area contributed by atoms with Crippen LogP contribution in [0.3, 0.4) is 0 Å². The molecule has 0 aliphatic rings. The molecule has 1 atom stereocenters. The fourth-order valence-electron chi connectivity index (χ4n) is 2.44. The summed E-state index contributed by atoms with van der Waals surface area (Å²) >= 11 is 0. The van der Waals surface area contributed by atoms with E-state index in [2.05, 4.69) is 23.4 Å². The first kappa shape index (κ1) is 14.5. The van der Waals surface area contributed by atoms with E-state index in [1.54, 1.807) is 19.2 Å². The summed E-state index contributed by atoms with van der Waals surface area (Å²) in [5.74, 6) is 0.0538. The van der Waals surface area contributed by atoms with E-state index in [0.29, 0.717) is 6.61 Å². The molecule has 1 aromatic carbocycles. The molecule has 1 heterocycles. The smallest absolute Gasteiger partial charge is 0.335 e. The van der Waals surface area contributed by atoms with Crippen LogP contribution in [0.5, 0.6) is 0 Å². The van der Waals surface area contributed by atoms with Gasteiger partial charge in [-0.2, -0.15) is 0 Å². The second-order valence-corrected chi connectivity index (χ2v) is 4.89. The quantitative estimate of drug-likeness (QED) is 0.881. The van der Waals surface area contributed by atoms with Crippen LogP contribution in [0, 0.1) is 0 Å². The maximum Gasteiger partial charge on any atom is 0.335 e. The van der Waals surface area contributed by atoms with Gasteiger partial charge in [0.15, 0.2) is 0 Å². The summed E-state index contributed by atoms with van der Waals surface area (Å²) in [6.45, 7) is 4.88. The Balaban J connectivity index is 2.49. The minimum atomic E-state index is -0.924. The molecule has 2 rings (SSSR count). The van der Waals surface area contributed by atoms with E-state index in [1.807, 2.05) is 6.07 Å². The number of carboxylic acid groups (broad SMARTS) is 1. The van der Waals surface area contributed by atoms with Gasteiger partial charge in [-0.05, 0) is 31.5 Å². The summed E-state index contributed by atoms with van der Waals surface area (Å²) in [7, 11) is 1.69. The molecular formula is C15H20N2O3. The van der Waals surface area contributed by atoms with Crippen molar-refractivity contribution in [2.45, 2.75) is 32.7 Å². The maximum atomic E-state index is 11.0. The van der Waals surface area contributed by atoms with Crippen molar-refractivity contribution in [3.8, 4) is 0 Å². The number of hydrogen-bond donors (Lipinski definition) is 1. The Kier molecular flexibility index (Phi) is 4.39. The Morgan fingerprint density at radius 1 is 1.50 bits per heavy atom. The molecule has 0 radical (unpaired) electrons. The zero-order valence-electron chi connectivity index (χ0n) is 12.1. The molecule has 0 bridgehead atoms. The maximum absolute atomic E-state index is 11.0. The Morgan fingerprint density at radius 3 is 2.85 bits per heavy atom. The Labute approximate surface area is 118 Å². The van der Waals surface area contributed by atoms with Crippen LogP contribution < -0.4 is 0 Å². The van der Waals surface area contributed by atoms with Crippen LogP contribution >= 0.6 is 0 Å². The van der Waals surface area contributed by atoms with Crippen molar-refractivity contribution >= 4 is 17.0 Å². The van der Waals surface area contributed by atoms with Crippen molar-refractivity contribution in [3.05, 3.63) is 29.6 Å². The molecule has 20 heavy (non-hydrogen) atoms. The van der Waals surface area contributed by atoms with Crippen molar-refractivity contribution in [2.75, 3.05) is 13.7 Å². The van der Waals surface area contributed by atoms with E-state index >= 15 is 0 Å². The summed E-state index contributed by atoms with van der Waals surface area (Å²) in [5, 5.41) is 9.05. The van der Waals surface area contributed by atoms with Crippen molar-refractivity contribution < 1.29 is 14.6 Å². The highest BCUT2D eigenvalue weighted by Gasteiger charge is 2.16. The molecule has 5 nitrogen and oxygen atoms in total. The second-order valence-electron chi connectivity index (χ2n) is 4.89. The lowest BCUT2D eigenvalue weighted by Gasteiger charge is -2.16. The molecule has 1 aromatic heterocycles. The van der Waals surface area contributed by atoms with Crippen LogP contribution in [-0.4, -0.2) is 34.3 Å². The number of aryl methyl sites for hydroxylation is 1. The topological polar surface area (TPSA) is 64.3 Å². The largest absolute Gasteiger partial charge is 0.478 e. The third-order valence-corrected chi connectivity index (χ3v) is 3.51. The standard InChI is InChI=1S/C15H20N2O3/c1-4-14-16-12-9-11(15(18)19)5-6-13(12)17(14)10(2)7-8-20-3/h5-6,9-10H,4,7-8H2,1-3H3,(H,18,19). The number of fused-ring (bicyclic) bond motifs is 1. The molecule has 1 unspecified atom stereocenters. The molecule has 5 heteroatoms. The molecule has 0 aliphatic carbocycles. The van der Waals surface area contributed by atoms with Gasteiger partial charge < -0.3 is 14.4 Å². The van der Waals surface area contributed by atoms with Gasteiger partial charge >= 0.3 is 5.97 Å². The second kappa shape index (κ2) is 6.05. The number of carbonyl (C=O) groups is 1. The monoisotopic (exact) mass is 276 g/mol. The molecule has 0 saturated carbocycles. The molecular weight excluding hydrogens is 256 g/mol.